The summed E-state index contributed by atoms with van der Waals surface area (Å²) in [5, 5.41) is 48.3. The maximum absolute atomic E-state index is 14.9. The van der Waals surface area contributed by atoms with Gasteiger partial charge < -0.3 is 71.7 Å². The van der Waals surface area contributed by atoms with Crippen LogP contribution >= 0.6 is 0 Å². The summed E-state index contributed by atoms with van der Waals surface area (Å²) >= 11 is 0. The average Bonchev–Trinajstić information content (AvgIpc) is 1.27. The van der Waals surface area contributed by atoms with Gasteiger partial charge in [0.05, 0.1) is 18.2 Å². The van der Waals surface area contributed by atoms with Gasteiger partial charge in [-0.15, -0.1) is 0 Å². The van der Waals surface area contributed by atoms with Gasteiger partial charge in [-0.05, 0) is 115 Å². The minimum absolute atomic E-state index is 0.0123. The predicted octanol–water partition coefficient (Wildman–Crippen LogP) is 2.12. The van der Waals surface area contributed by atoms with Crippen molar-refractivity contribution in [3.63, 3.8) is 0 Å². The first kappa shape index (κ1) is 80.8. The number of hydrogen-bond acceptors (Lipinski definition) is 14. The minimum Gasteiger partial charge on any atom is -0.480 e. The first-order chi connectivity index (χ1) is 40.1. The first-order valence-corrected chi connectivity index (χ1v) is 30.8. The monoisotopic (exact) mass is 1240 g/mol. The van der Waals surface area contributed by atoms with Crippen LogP contribution in [-0.4, -0.2) is 226 Å². The Morgan fingerprint density at radius 1 is 0.437 bits per heavy atom. The molecule has 0 aromatic heterocycles. The van der Waals surface area contributed by atoms with Crippen LogP contribution in [0.3, 0.4) is 0 Å². The summed E-state index contributed by atoms with van der Waals surface area (Å²) < 4.78 is 0. The molecule has 0 aliphatic rings. The summed E-state index contributed by atoms with van der Waals surface area (Å²) in [6.07, 6.45) is 1.92. The number of carboxylic acid groups (broad SMARTS) is 1. The smallest absolute Gasteiger partial charge is 0.323 e. The lowest BCUT2D eigenvalue weighted by Gasteiger charge is -2.40. The van der Waals surface area contributed by atoms with Gasteiger partial charge in [-0.25, -0.2) is 0 Å². The molecule has 0 radical (unpaired) electrons. The summed E-state index contributed by atoms with van der Waals surface area (Å²) in [6, 6.07) is -12.1. The number of nitrogens with zero attached hydrogens (tertiary/aromatic N) is 5. The summed E-state index contributed by atoms with van der Waals surface area (Å²) in [4.78, 5) is 159. The van der Waals surface area contributed by atoms with Gasteiger partial charge >= 0.3 is 5.97 Å². The van der Waals surface area contributed by atoms with Crippen LogP contribution in [0.1, 0.15) is 156 Å². The zero-order chi connectivity index (χ0) is 67.8. The lowest BCUT2D eigenvalue weighted by Crippen LogP contribution is -2.64. The molecule has 87 heavy (non-hydrogen) atoms. The molecular weight excluding hydrogens is 1120 g/mol. The summed E-state index contributed by atoms with van der Waals surface area (Å²) in [5.41, 5.74) is 0. The first-order valence-electron chi connectivity index (χ1n) is 30.8. The van der Waals surface area contributed by atoms with Gasteiger partial charge in [0.25, 0.3) is 0 Å². The Morgan fingerprint density at radius 2 is 0.839 bits per heavy atom. The molecule has 25 nitrogen and oxygen atoms in total. The third-order valence-corrected chi connectivity index (χ3v) is 15.2. The van der Waals surface area contributed by atoms with E-state index in [1.807, 2.05) is 69.2 Å². The molecule has 0 saturated heterocycles. The molecule has 0 aliphatic heterocycles. The average molecular weight is 1240 g/mol. The number of aliphatic hydroxyl groups excluding tert-OH is 2. The number of carboxylic acids is 1. The highest BCUT2D eigenvalue weighted by Gasteiger charge is 2.45. The number of aliphatic hydroxyl groups is 2. The second-order valence-corrected chi connectivity index (χ2v) is 26.1. The van der Waals surface area contributed by atoms with Crippen molar-refractivity contribution in [3.05, 3.63) is 12.2 Å². The summed E-state index contributed by atoms with van der Waals surface area (Å²) in [6.45, 7) is 29.0. The summed E-state index contributed by atoms with van der Waals surface area (Å²) in [7, 11) is 8.37. The number of amides is 10. The van der Waals surface area contributed by atoms with Gasteiger partial charge in [-0.2, -0.15) is 0 Å². The van der Waals surface area contributed by atoms with E-state index in [1.165, 1.54) is 65.8 Å². The van der Waals surface area contributed by atoms with Crippen LogP contribution in [0.5, 0.6) is 0 Å². The second-order valence-electron chi connectivity index (χ2n) is 26.1. The maximum Gasteiger partial charge on any atom is 0.323 e. The number of hydrogen-bond donors (Lipinski definition) is 9. The number of allylic oxidation sites excluding steroid dienone is 2. The van der Waals surface area contributed by atoms with Gasteiger partial charge in [-0.1, -0.05) is 102 Å². The van der Waals surface area contributed by atoms with E-state index in [0.29, 0.717) is 12.8 Å². The van der Waals surface area contributed by atoms with Gasteiger partial charge in [0.1, 0.15) is 60.9 Å². The molecule has 500 valence electrons. The molecule has 0 aliphatic carbocycles. The van der Waals surface area contributed by atoms with E-state index < -0.39 is 150 Å². The normalized spacial score (nSPS) is 16.3. The van der Waals surface area contributed by atoms with Crippen LogP contribution in [0.15, 0.2) is 12.2 Å². The molecule has 0 saturated carbocycles. The number of aliphatic carboxylic acids is 1. The van der Waals surface area contributed by atoms with E-state index in [2.05, 4.69) is 31.9 Å². The Morgan fingerprint density at radius 3 is 1.25 bits per heavy atom. The number of carbonyl (C=O) groups excluding carboxylic acids is 10. The molecule has 0 aromatic carbocycles. The van der Waals surface area contributed by atoms with Crippen LogP contribution in [0.4, 0.5) is 0 Å². The van der Waals surface area contributed by atoms with Crippen LogP contribution in [0.25, 0.3) is 0 Å². The molecule has 0 bridgehead atoms. The highest BCUT2D eigenvalue weighted by molar-refractivity contribution is 5.99. The highest BCUT2D eigenvalue weighted by Crippen LogP contribution is 2.24. The lowest BCUT2D eigenvalue weighted by atomic mass is 9.91. The minimum atomic E-state index is -1.71. The molecule has 0 rings (SSSR count). The number of carbonyl (C=O) groups is 11. The molecule has 25 heteroatoms. The van der Waals surface area contributed by atoms with Crippen molar-refractivity contribution in [1.82, 2.24) is 56.4 Å². The largest absolute Gasteiger partial charge is 0.480 e. The van der Waals surface area contributed by atoms with Crippen molar-refractivity contribution < 1.29 is 68.1 Å². The predicted molar refractivity (Wildman–Crippen MR) is 334 cm³/mol. The molecule has 0 fully saturated rings. The number of rotatable bonds is 38. The zero-order valence-electron chi connectivity index (χ0n) is 56.6. The van der Waals surface area contributed by atoms with Crippen LogP contribution in [-0.2, 0) is 52.7 Å². The van der Waals surface area contributed by atoms with Crippen LogP contribution in [0.2, 0.25) is 0 Å². The zero-order valence-corrected chi connectivity index (χ0v) is 56.6. The van der Waals surface area contributed by atoms with Crippen molar-refractivity contribution in [2.75, 3.05) is 48.8 Å². The van der Waals surface area contributed by atoms with Crippen molar-refractivity contribution in [2.45, 2.75) is 229 Å². The second kappa shape index (κ2) is 38.3. The van der Waals surface area contributed by atoms with Gasteiger partial charge in [-0.3, -0.25) is 52.7 Å². The molecule has 10 amide bonds. The highest BCUT2D eigenvalue weighted by atomic mass is 16.4. The molecule has 13 atom stereocenters. The Labute approximate surface area is 519 Å². The van der Waals surface area contributed by atoms with Gasteiger partial charge in [0, 0.05) is 35.2 Å². The van der Waals surface area contributed by atoms with Gasteiger partial charge in [0.15, 0.2) is 0 Å². The van der Waals surface area contributed by atoms with Crippen molar-refractivity contribution in [3.8, 4) is 0 Å². The third-order valence-electron chi connectivity index (χ3n) is 15.2. The molecular formula is C62H113N11O14. The Bertz CT molecular complexity index is 2310. The van der Waals surface area contributed by atoms with E-state index in [4.69, 9.17) is 0 Å². The van der Waals surface area contributed by atoms with Crippen LogP contribution < -0.4 is 31.9 Å². The molecule has 0 unspecified atom stereocenters. The molecule has 0 heterocycles. The molecule has 0 aromatic rings. The summed E-state index contributed by atoms with van der Waals surface area (Å²) in [5.74, 6) is -9.90. The fourth-order valence-electron chi connectivity index (χ4n) is 10.3. The van der Waals surface area contributed by atoms with Gasteiger partial charge in [0.2, 0.25) is 59.1 Å². The Balaban J connectivity index is 6.91. The number of nitrogens with one attached hydrogen (secondary N) is 6. The van der Waals surface area contributed by atoms with E-state index in [0.717, 1.165) is 14.7 Å². The maximum atomic E-state index is 14.9. The SMILES string of the molecule is C/C=C/C[C@@H](C)[C@@H](O)[C@@H](C(=O)N[C@H](C(=O)N(C)CC(=O)O)[C@@H](C)O)N(C)C(=O)[C@H](C(C)C)N(C)C(=O)[C@H](CC(C)C)NC(=O)[C@H](CC(C)C)N(C)C(=O)[C@@H](C)NC(=O)[C@H](C)NC(=O)[C@H](CC(C)C)N(C)C(=O)[C@H](CC(C)C)NC(=O)[C@H](CC(C)C)NC. The fourth-order valence-corrected chi connectivity index (χ4v) is 10.3. The molecule has 9 N–H and O–H groups in total. The standard InChI is InChI=1S/C62H113N11O14/c1-24-25-26-39(14)52(77)51(57(82)68-49(42(17)74)61(86)69(19)32-48(75)76)73(23)62(87)50(38(12)13)72(22)60(85)45(29-35(6)7)67-56(81)47(31-37(10)11)70(20)58(83)41(16)65-53(78)40(15)64-55(80)46(30-36(8)9)71(21)59(84)44(28-34(4)5)66-54(79)43(63-18)27-33(2)3/h24-25,33-47,49-52,63,74,77H,26-32H2,1-23H3,(H,64,80)(H,65,78)(H,66,79)(H,67,81)(H,68,82)(H,75,76)/b25-24+/t39-,40+,41-,42-,43+,44+,45+,46+,47+,49+,50+,51+,52-/m1/s1. The van der Waals surface area contributed by atoms with Crippen molar-refractivity contribution >= 4 is 65.0 Å². The fraction of sp³-hybridized carbons (Fsp3) is 0.790. The Kier molecular flexibility index (Phi) is 35.5. The van der Waals surface area contributed by atoms with E-state index in [-0.39, 0.29) is 61.2 Å². The lowest BCUT2D eigenvalue weighted by molar-refractivity contribution is -0.155. The third kappa shape index (κ3) is 26.2. The topological polar surface area (TPSA) is 337 Å². The quantitative estimate of drug-likeness (QED) is 0.0400. The van der Waals surface area contributed by atoms with Crippen molar-refractivity contribution in [1.29, 1.82) is 0 Å². The molecule has 0 spiro atoms. The van der Waals surface area contributed by atoms with Crippen LogP contribution in [0, 0.1) is 41.4 Å². The van der Waals surface area contributed by atoms with E-state index >= 15 is 0 Å². The number of likely N-dealkylation sites (N-methyl/N-ethyl adjacent to an activating group) is 6. The van der Waals surface area contributed by atoms with E-state index in [1.54, 1.807) is 46.9 Å². The Hall–Kier alpha value is -6.21. The van der Waals surface area contributed by atoms with E-state index in [9.17, 15) is 68.1 Å². The van der Waals surface area contributed by atoms with Crippen molar-refractivity contribution in [2.24, 2.45) is 41.4 Å².